The normalized spacial score (nSPS) is 40.2. The molecule has 28 heavy (non-hydrogen) atoms. The molecule has 0 aromatic carbocycles. The second-order valence-corrected chi connectivity index (χ2v) is 9.69. The number of ether oxygens (including phenoxy) is 4. The van der Waals surface area contributed by atoms with Crippen LogP contribution in [0.1, 0.15) is 78.1 Å². The minimum Gasteiger partial charge on any atom is -0.403 e. The Morgan fingerprint density at radius 1 is 0.679 bits per heavy atom. The largest absolute Gasteiger partial charge is 0.460 e. The topological polar surface area (TPSA) is 55.4 Å². The summed E-state index contributed by atoms with van der Waals surface area (Å²) in [6.07, 6.45) is 10.7. The zero-order valence-corrected chi connectivity index (χ0v) is 17.4. The highest BCUT2D eigenvalue weighted by Gasteiger charge is 2.56. The molecule has 0 amide bonds. The molecule has 0 N–H and O–H groups in total. The summed E-state index contributed by atoms with van der Waals surface area (Å²) in [4.78, 5) is 0. The average molecular weight is 394 g/mol. The first kappa shape index (κ1) is 19.8. The Hall–Kier alpha value is -0.175. The SMILES string of the molecule is CC(C)B1O[C@@H]([C@H]2COC3(CCCCC3)O2)[C@H]([C@H]2COC3(CCCCC3)O2)O1. The summed E-state index contributed by atoms with van der Waals surface area (Å²) in [6, 6.07) is 0. The lowest BCUT2D eigenvalue weighted by molar-refractivity contribution is -0.206. The first-order valence-electron chi connectivity index (χ1n) is 11.5. The smallest absolute Gasteiger partial charge is 0.403 e. The summed E-state index contributed by atoms with van der Waals surface area (Å²) in [6.45, 7) is 5.42. The highest BCUT2D eigenvalue weighted by atomic mass is 16.8. The van der Waals surface area contributed by atoms with Gasteiger partial charge in [-0.05, 0) is 31.5 Å². The Morgan fingerprint density at radius 2 is 1.11 bits per heavy atom. The van der Waals surface area contributed by atoms with Gasteiger partial charge in [-0.3, -0.25) is 0 Å². The monoisotopic (exact) mass is 394 g/mol. The van der Waals surface area contributed by atoms with Crippen LogP contribution in [0.25, 0.3) is 0 Å². The van der Waals surface area contributed by atoms with E-state index in [0.29, 0.717) is 13.2 Å². The maximum Gasteiger partial charge on any atom is 0.460 e. The van der Waals surface area contributed by atoms with Crippen molar-refractivity contribution in [3.63, 3.8) is 0 Å². The quantitative estimate of drug-likeness (QED) is 0.679. The standard InChI is InChI=1S/C21H35BO6/c1-15(2)22-27-18(16-13-23-20(25-16)9-5-3-6-10-20)19(28-22)17-14-24-21(26-17)11-7-4-8-12-21/h15-19H,3-14H2,1-2H3/t16-,17-,18+,19+/m1/s1. The summed E-state index contributed by atoms with van der Waals surface area (Å²) in [5.74, 6) is -0.515. The Kier molecular flexibility index (Phi) is 5.52. The van der Waals surface area contributed by atoms with Gasteiger partial charge in [-0.2, -0.15) is 0 Å². The number of rotatable bonds is 3. The first-order chi connectivity index (χ1) is 13.6. The van der Waals surface area contributed by atoms with E-state index in [-0.39, 0.29) is 37.4 Å². The molecule has 158 valence electrons. The Bertz CT molecular complexity index is 501. The van der Waals surface area contributed by atoms with Crippen molar-refractivity contribution in [3.05, 3.63) is 0 Å². The van der Waals surface area contributed by atoms with Crippen LogP contribution in [-0.4, -0.2) is 56.3 Å². The van der Waals surface area contributed by atoms with Gasteiger partial charge < -0.3 is 28.3 Å². The van der Waals surface area contributed by atoms with Crippen LogP contribution < -0.4 is 0 Å². The third-order valence-corrected chi connectivity index (χ3v) is 7.17. The van der Waals surface area contributed by atoms with Crippen molar-refractivity contribution in [2.45, 2.75) is 120 Å². The molecule has 0 unspecified atom stereocenters. The van der Waals surface area contributed by atoms with Crippen LogP contribution in [0.4, 0.5) is 0 Å². The second-order valence-electron chi connectivity index (χ2n) is 9.69. The van der Waals surface area contributed by atoms with Crippen LogP contribution in [0, 0.1) is 0 Å². The summed E-state index contributed by atoms with van der Waals surface area (Å²) >= 11 is 0. The second kappa shape index (κ2) is 7.82. The lowest BCUT2D eigenvalue weighted by Crippen LogP contribution is -2.46. The van der Waals surface area contributed by atoms with E-state index in [1.54, 1.807) is 0 Å². The van der Waals surface area contributed by atoms with Crippen LogP contribution in [0.3, 0.4) is 0 Å². The molecule has 0 aromatic heterocycles. The van der Waals surface area contributed by atoms with E-state index in [0.717, 1.165) is 25.7 Å². The van der Waals surface area contributed by atoms with Gasteiger partial charge in [-0.15, -0.1) is 0 Å². The minimum atomic E-state index is -0.398. The van der Waals surface area contributed by atoms with Gasteiger partial charge in [-0.1, -0.05) is 26.7 Å². The third-order valence-electron chi connectivity index (χ3n) is 7.17. The highest BCUT2D eigenvalue weighted by Crippen LogP contribution is 2.44. The van der Waals surface area contributed by atoms with Gasteiger partial charge in [0.1, 0.15) is 12.2 Å². The molecule has 3 heterocycles. The fourth-order valence-corrected chi connectivity index (χ4v) is 5.59. The molecule has 0 aromatic rings. The third kappa shape index (κ3) is 3.67. The molecule has 3 aliphatic heterocycles. The summed E-state index contributed by atoms with van der Waals surface area (Å²) in [7, 11) is -0.229. The van der Waals surface area contributed by atoms with E-state index < -0.39 is 11.6 Å². The molecule has 5 fully saturated rings. The Labute approximate surface area is 169 Å². The van der Waals surface area contributed by atoms with Crippen molar-refractivity contribution in [1.82, 2.24) is 0 Å². The van der Waals surface area contributed by atoms with Crippen molar-refractivity contribution in [1.29, 1.82) is 0 Å². The minimum absolute atomic E-state index is 0.0987. The number of hydrogen-bond acceptors (Lipinski definition) is 6. The van der Waals surface area contributed by atoms with Crippen molar-refractivity contribution in [2.24, 2.45) is 0 Å². The van der Waals surface area contributed by atoms with Crippen LogP contribution in [-0.2, 0) is 28.3 Å². The zero-order chi connectivity index (χ0) is 19.2. The van der Waals surface area contributed by atoms with E-state index in [1.165, 1.54) is 38.5 Å². The lowest BCUT2D eigenvalue weighted by Gasteiger charge is -2.34. The molecule has 5 aliphatic rings. The summed E-state index contributed by atoms with van der Waals surface area (Å²) < 4.78 is 38.2. The van der Waals surface area contributed by atoms with E-state index >= 15 is 0 Å². The van der Waals surface area contributed by atoms with Crippen LogP contribution >= 0.6 is 0 Å². The van der Waals surface area contributed by atoms with E-state index in [9.17, 15) is 0 Å². The van der Waals surface area contributed by atoms with Crippen molar-refractivity contribution >= 4 is 7.12 Å². The molecule has 2 aliphatic carbocycles. The van der Waals surface area contributed by atoms with Gasteiger partial charge >= 0.3 is 7.12 Å². The van der Waals surface area contributed by atoms with E-state index in [4.69, 9.17) is 28.3 Å². The van der Waals surface area contributed by atoms with Crippen molar-refractivity contribution in [3.8, 4) is 0 Å². The van der Waals surface area contributed by atoms with Gasteiger partial charge in [0, 0.05) is 25.7 Å². The summed E-state index contributed by atoms with van der Waals surface area (Å²) in [5, 5.41) is 0. The molecule has 7 heteroatoms. The predicted molar refractivity (Wildman–Crippen MR) is 104 cm³/mol. The fraction of sp³-hybridized carbons (Fsp3) is 1.00. The van der Waals surface area contributed by atoms with E-state index in [1.807, 2.05) is 0 Å². The first-order valence-corrected chi connectivity index (χ1v) is 11.5. The zero-order valence-electron chi connectivity index (χ0n) is 17.4. The molecule has 3 saturated heterocycles. The molecule has 2 saturated carbocycles. The van der Waals surface area contributed by atoms with Gasteiger partial charge in [0.25, 0.3) is 0 Å². The molecule has 0 bridgehead atoms. The van der Waals surface area contributed by atoms with Crippen LogP contribution in [0.15, 0.2) is 0 Å². The average Bonchev–Trinajstić information content (AvgIpc) is 3.41. The van der Waals surface area contributed by atoms with E-state index in [2.05, 4.69) is 13.8 Å². The molecule has 2 spiro atoms. The van der Waals surface area contributed by atoms with Gasteiger partial charge in [-0.25, -0.2) is 0 Å². The lowest BCUT2D eigenvalue weighted by atomic mass is 9.75. The van der Waals surface area contributed by atoms with Crippen molar-refractivity contribution < 1.29 is 28.3 Å². The molecule has 5 rings (SSSR count). The van der Waals surface area contributed by atoms with Crippen LogP contribution in [0.2, 0.25) is 5.82 Å². The fourth-order valence-electron chi connectivity index (χ4n) is 5.59. The molecule has 4 atom stereocenters. The Balaban J connectivity index is 1.30. The molecule has 6 nitrogen and oxygen atoms in total. The van der Waals surface area contributed by atoms with Gasteiger partial charge in [0.15, 0.2) is 11.6 Å². The Morgan fingerprint density at radius 3 is 1.50 bits per heavy atom. The van der Waals surface area contributed by atoms with Gasteiger partial charge in [0.2, 0.25) is 0 Å². The van der Waals surface area contributed by atoms with Crippen molar-refractivity contribution in [2.75, 3.05) is 13.2 Å². The molecule has 0 radical (unpaired) electrons. The van der Waals surface area contributed by atoms with Crippen LogP contribution in [0.5, 0.6) is 0 Å². The maximum absolute atomic E-state index is 6.51. The predicted octanol–water partition coefficient (Wildman–Crippen LogP) is 3.82. The maximum atomic E-state index is 6.51. The summed E-state index contributed by atoms with van der Waals surface area (Å²) in [5.41, 5.74) is 0. The number of hydrogen-bond donors (Lipinski definition) is 0. The van der Waals surface area contributed by atoms with Gasteiger partial charge in [0.05, 0.1) is 25.4 Å². The highest BCUT2D eigenvalue weighted by molar-refractivity contribution is 6.46. The molecular formula is C21H35BO6. The molecular weight excluding hydrogens is 359 g/mol.